The molecule has 0 fully saturated rings. The molecule has 0 saturated heterocycles. The molecule has 2 rings (SSSR count). The topological polar surface area (TPSA) is 66.1 Å². The first-order valence-electron chi connectivity index (χ1n) is 4.93. The molecule has 0 aromatic heterocycles. The van der Waals surface area contributed by atoms with Gasteiger partial charge >= 0.3 is 0 Å². The number of nitrogens with zero attached hydrogens (tertiary/aromatic N) is 1. The van der Waals surface area contributed by atoms with Gasteiger partial charge in [-0.3, -0.25) is 0 Å². The molecule has 0 spiro atoms. The molecule has 1 aromatic rings. The van der Waals surface area contributed by atoms with Crippen molar-refractivity contribution in [1.29, 1.82) is 0 Å². The Bertz CT molecular complexity index is 418. The Labute approximate surface area is 93.8 Å². The highest BCUT2D eigenvalue weighted by atomic mass is 16.5. The lowest BCUT2D eigenvalue weighted by Crippen LogP contribution is -2.13. The van der Waals surface area contributed by atoms with E-state index >= 15 is 0 Å². The van der Waals surface area contributed by atoms with Gasteiger partial charge in [0.15, 0.2) is 6.10 Å². The van der Waals surface area contributed by atoms with Gasteiger partial charge in [0, 0.05) is 11.6 Å². The Kier molecular flexibility index (Phi) is 2.85. The summed E-state index contributed by atoms with van der Waals surface area (Å²) in [5, 5.41) is 0. The van der Waals surface area contributed by atoms with E-state index in [0.717, 1.165) is 11.3 Å². The van der Waals surface area contributed by atoms with Crippen LogP contribution in [-0.2, 0) is 4.74 Å². The molecule has 1 heterocycles. The zero-order valence-corrected chi connectivity index (χ0v) is 9.27. The molecule has 0 amide bonds. The van der Waals surface area contributed by atoms with Crippen molar-refractivity contribution in [3.8, 4) is 11.5 Å². The van der Waals surface area contributed by atoms with Crippen molar-refractivity contribution in [1.82, 2.24) is 0 Å². The molecule has 1 atom stereocenters. The predicted octanol–water partition coefficient (Wildman–Crippen LogP) is 1.09. The predicted molar refractivity (Wildman–Crippen MR) is 59.9 cm³/mol. The molecule has 1 aliphatic rings. The number of methoxy groups -OCH3 is 2. The van der Waals surface area contributed by atoms with Crippen LogP contribution in [0, 0.1) is 0 Å². The number of aliphatic imine (C=N–C) groups is 1. The number of nitrogens with two attached hydrogens (primary N) is 1. The Morgan fingerprint density at radius 3 is 2.75 bits per heavy atom. The van der Waals surface area contributed by atoms with Crippen LogP contribution in [0.1, 0.15) is 11.7 Å². The average molecular weight is 222 g/mol. The SMILES string of the molecule is COc1ccc(C2CN=C(N)O2)c(OC)c1. The molecular weight excluding hydrogens is 208 g/mol. The van der Waals surface area contributed by atoms with E-state index in [4.69, 9.17) is 19.9 Å². The number of hydrogen-bond donors (Lipinski definition) is 1. The highest BCUT2D eigenvalue weighted by molar-refractivity contribution is 5.73. The van der Waals surface area contributed by atoms with Gasteiger partial charge in [0.2, 0.25) is 0 Å². The number of hydrogen-bond acceptors (Lipinski definition) is 5. The van der Waals surface area contributed by atoms with Crippen LogP contribution in [0.25, 0.3) is 0 Å². The number of rotatable bonds is 3. The van der Waals surface area contributed by atoms with Gasteiger partial charge in [-0.15, -0.1) is 0 Å². The zero-order chi connectivity index (χ0) is 11.5. The first-order chi connectivity index (χ1) is 7.74. The molecule has 0 bridgehead atoms. The quantitative estimate of drug-likeness (QED) is 0.831. The molecule has 0 aliphatic carbocycles. The smallest absolute Gasteiger partial charge is 0.282 e. The van der Waals surface area contributed by atoms with E-state index in [2.05, 4.69) is 4.99 Å². The van der Waals surface area contributed by atoms with E-state index in [1.54, 1.807) is 14.2 Å². The molecule has 5 nitrogen and oxygen atoms in total. The summed E-state index contributed by atoms with van der Waals surface area (Å²) in [6, 6.07) is 5.79. The Morgan fingerprint density at radius 2 is 2.19 bits per heavy atom. The number of amidine groups is 1. The van der Waals surface area contributed by atoms with Crippen LogP contribution in [0.15, 0.2) is 23.2 Å². The summed E-state index contributed by atoms with van der Waals surface area (Å²) < 4.78 is 15.8. The minimum Gasteiger partial charge on any atom is -0.497 e. The lowest BCUT2D eigenvalue weighted by atomic mass is 10.1. The second-order valence-corrected chi connectivity index (χ2v) is 3.39. The number of benzene rings is 1. The van der Waals surface area contributed by atoms with Gasteiger partial charge in [-0.05, 0) is 12.1 Å². The molecule has 0 radical (unpaired) electrons. The Morgan fingerprint density at radius 1 is 1.38 bits per heavy atom. The molecule has 1 aliphatic heterocycles. The second-order valence-electron chi connectivity index (χ2n) is 3.39. The largest absolute Gasteiger partial charge is 0.497 e. The standard InChI is InChI=1S/C11H14N2O3/c1-14-7-3-4-8(9(5-7)15-2)10-6-13-11(12)16-10/h3-5,10H,6H2,1-2H3,(H2,12,13). The summed E-state index contributed by atoms with van der Waals surface area (Å²) in [5.74, 6) is 1.46. The van der Waals surface area contributed by atoms with Gasteiger partial charge in [0.05, 0.1) is 20.8 Å². The summed E-state index contributed by atoms with van der Waals surface area (Å²) in [5.41, 5.74) is 6.40. The van der Waals surface area contributed by atoms with Crippen LogP contribution in [0.5, 0.6) is 11.5 Å². The maximum absolute atomic E-state index is 5.47. The van der Waals surface area contributed by atoms with Crippen LogP contribution in [0.3, 0.4) is 0 Å². The van der Waals surface area contributed by atoms with Crippen molar-refractivity contribution in [3.63, 3.8) is 0 Å². The van der Waals surface area contributed by atoms with Crippen molar-refractivity contribution in [2.24, 2.45) is 10.7 Å². The molecule has 16 heavy (non-hydrogen) atoms. The van der Waals surface area contributed by atoms with Crippen LogP contribution in [0.4, 0.5) is 0 Å². The van der Waals surface area contributed by atoms with Gasteiger partial charge in [-0.2, -0.15) is 0 Å². The zero-order valence-electron chi connectivity index (χ0n) is 9.27. The van der Waals surface area contributed by atoms with Crippen molar-refractivity contribution in [2.45, 2.75) is 6.10 Å². The van der Waals surface area contributed by atoms with E-state index in [1.807, 2.05) is 18.2 Å². The minimum atomic E-state index is -0.166. The fraction of sp³-hybridized carbons (Fsp3) is 0.364. The van der Waals surface area contributed by atoms with E-state index in [-0.39, 0.29) is 12.1 Å². The summed E-state index contributed by atoms with van der Waals surface area (Å²) in [4.78, 5) is 4.00. The Hall–Kier alpha value is -1.91. The lowest BCUT2D eigenvalue weighted by Gasteiger charge is -2.15. The van der Waals surface area contributed by atoms with Crippen molar-refractivity contribution in [3.05, 3.63) is 23.8 Å². The fourth-order valence-corrected chi connectivity index (χ4v) is 1.64. The summed E-state index contributed by atoms with van der Waals surface area (Å²) in [7, 11) is 3.22. The highest BCUT2D eigenvalue weighted by Crippen LogP contribution is 2.32. The maximum Gasteiger partial charge on any atom is 0.282 e. The van der Waals surface area contributed by atoms with Gasteiger partial charge < -0.3 is 19.9 Å². The highest BCUT2D eigenvalue weighted by Gasteiger charge is 2.23. The lowest BCUT2D eigenvalue weighted by molar-refractivity contribution is 0.220. The summed E-state index contributed by atoms with van der Waals surface area (Å²) in [6.07, 6.45) is -0.166. The van der Waals surface area contributed by atoms with Crippen LogP contribution in [0.2, 0.25) is 0 Å². The van der Waals surface area contributed by atoms with Crippen LogP contribution < -0.4 is 15.2 Å². The molecular formula is C11H14N2O3. The fourth-order valence-electron chi connectivity index (χ4n) is 1.64. The number of ether oxygens (including phenoxy) is 3. The van der Waals surface area contributed by atoms with E-state index in [1.165, 1.54) is 0 Å². The van der Waals surface area contributed by atoms with E-state index in [0.29, 0.717) is 12.3 Å². The third-order valence-electron chi connectivity index (χ3n) is 2.46. The van der Waals surface area contributed by atoms with Gasteiger partial charge in [-0.25, -0.2) is 4.99 Å². The van der Waals surface area contributed by atoms with Crippen LogP contribution >= 0.6 is 0 Å². The normalized spacial score (nSPS) is 18.9. The second kappa shape index (κ2) is 4.30. The molecule has 5 heteroatoms. The molecule has 1 unspecified atom stereocenters. The van der Waals surface area contributed by atoms with E-state index in [9.17, 15) is 0 Å². The van der Waals surface area contributed by atoms with E-state index < -0.39 is 0 Å². The third kappa shape index (κ3) is 1.88. The van der Waals surface area contributed by atoms with Crippen molar-refractivity contribution >= 4 is 6.02 Å². The van der Waals surface area contributed by atoms with Gasteiger partial charge in [0.25, 0.3) is 6.02 Å². The molecule has 0 saturated carbocycles. The van der Waals surface area contributed by atoms with Gasteiger partial charge in [0.1, 0.15) is 11.5 Å². The minimum absolute atomic E-state index is 0.166. The first-order valence-corrected chi connectivity index (χ1v) is 4.93. The van der Waals surface area contributed by atoms with Gasteiger partial charge in [-0.1, -0.05) is 0 Å². The van der Waals surface area contributed by atoms with Crippen LogP contribution in [-0.4, -0.2) is 26.8 Å². The molecule has 1 aromatic carbocycles. The molecule has 86 valence electrons. The monoisotopic (exact) mass is 222 g/mol. The Balaban J connectivity index is 2.27. The summed E-state index contributed by atoms with van der Waals surface area (Å²) >= 11 is 0. The third-order valence-corrected chi connectivity index (χ3v) is 2.46. The van der Waals surface area contributed by atoms with Crippen molar-refractivity contribution in [2.75, 3.05) is 20.8 Å². The molecule has 2 N–H and O–H groups in total. The van der Waals surface area contributed by atoms with Crippen molar-refractivity contribution < 1.29 is 14.2 Å². The average Bonchev–Trinajstić information content (AvgIpc) is 2.74. The summed E-state index contributed by atoms with van der Waals surface area (Å²) in [6.45, 7) is 0.522. The maximum atomic E-state index is 5.47. The first kappa shape index (κ1) is 10.6.